The quantitative estimate of drug-likeness (QED) is 0.455. The minimum atomic E-state index is -3.46. The van der Waals surface area contributed by atoms with Crippen molar-refractivity contribution < 1.29 is 13.2 Å². The molecule has 1 amide bonds. The van der Waals surface area contributed by atoms with E-state index < -0.39 is 10.0 Å². The van der Waals surface area contributed by atoms with Gasteiger partial charge in [-0.25, -0.2) is 8.42 Å². The number of nitrogens with one attached hydrogen (secondary N) is 1. The van der Waals surface area contributed by atoms with Crippen molar-refractivity contribution in [3.8, 4) is 0 Å². The normalized spacial score (nSPS) is 17.5. The first-order valence-corrected chi connectivity index (χ1v) is 14.9. The molecule has 8 heteroatoms. The second-order valence-corrected chi connectivity index (χ2v) is 12.1. The van der Waals surface area contributed by atoms with Crippen LogP contribution in [0.5, 0.6) is 0 Å². The molecule has 2 aliphatic heterocycles. The van der Waals surface area contributed by atoms with Gasteiger partial charge in [-0.05, 0) is 66.9 Å². The van der Waals surface area contributed by atoms with Crippen LogP contribution in [0.2, 0.25) is 0 Å². The monoisotopic (exact) mass is 532 g/mol. The summed E-state index contributed by atoms with van der Waals surface area (Å²) in [7, 11) is -3.46. The predicted octanol–water partition coefficient (Wildman–Crippen LogP) is 3.72. The molecule has 2 fully saturated rings. The maximum absolute atomic E-state index is 12.9. The lowest BCUT2D eigenvalue weighted by molar-refractivity contribution is 0.0950. The van der Waals surface area contributed by atoms with Gasteiger partial charge < -0.3 is 5.32 Å². The van der Waals surface area contributed by atoms with Gasteiger partial charge in [0.05, 0.1) is 4.90 Å². The number of piperazine rings is 1. The SMILES string of the molecule is O=C(NCc1ccc(CN2CCCC2)cc1)c1cccc(CN2CCN(S(=O)(=O)c3ccccc3)CC2)c1. The van der Waals surface area contributed by atoms with Crippen molar-refractivity contribution in [2.24, 2.45) is 0 Å². The Morgan fingerprint density at radius 3 is 2.03 bits per heavy atom. The van der Waals surface area contributed by atoms with Gasteiger partial charge in [0.15, 0.2) is 0 Å². The Balaban J connectivity index is 1.10. The van der Waals surface area contributed by atoms with E-state index in [0.717, 1.165) is 17.7 Å². The third-order valence-corrected chi connectivity index (χ3v) is 9.30. The molecule has 0 spiro atoms. The summed E-state index contributed by atoms with van der Waals surface area (Å²) in [6, 6.07) is 24.8. The standard InChI is InChI=1S/C30H36N4O3S/c35-30(31-22-25-11-13-26(14-12-25)23-32-15-4-5-16-32)28-8-6-7-27(21-28)24-33-17-19-34(20-18-33)38(36,37)29-9-2-1-3-10-29/h1-3,6-14,21H,4-5,15-20,22-24H2,(H,31,35). The van der Waals surface area contributed by atoms with Crippen molar-refractivity contribution >= 4 is 15.9 Å². The zero-order chi connectivity index (χ0) is 26.4. The van der Waals surface area contributed by atoms with Crippen LogP contribution in [0, 0.1) is 0 Å². The van der Waals surface area contributed by atoms with Crippen LogP contribution in [-0.2, 0) is 29.7 Å². The molecule has 0 saturated carbocycles. The highest BCUT2D eigenvalue weighted by Gasteiger charge is 2.28. The Labute approximate surface area is 226 Å². The third-order valence-electron chi connectivity index (χ3n) is 7.39. The van der Waals surface area contributed by atoms with Crippen LogP contribution in [0.3, 0.4) is 0 Å². The van der Waals surface area contributed by atoms with Gasteiger partial charge in [-0.1, -0.05) is 54.6 Å². The molecule has 3 aromatic rings. The van der Waals surface area contributed by atoms with Gasteiger partial charge >= 0.3 is 0 Å². The van der Waals surface area contributed by atoms with Crippen molar-refractivity contribution in [1.82, 2.24) is 19.4 Å². The highest BCUT2D eigenvalue weighted by molar-refractivity contribution is 7.89. The molecule has 0 bridgehead atoms. The van der Waals surface area contributed by atoms with E-state index in [2.05, 4.69) is 39.4 Å². The molecule has 5 rings (SSSR count). The number of hydrogen-bond acceptors (Lipinski definition) is 5. The maximum Gasteiger partial charge on any atom is 0.251 e. The largest absolute Gasteiger partial charge is 0.348 e. The fourth-order valence-electron chi connectivity index (χ4n) is 5.18. The first-order valence-electron chi connectivity index (χ1n) is 13.4. The van der Waals surface area contributed by atoms with Gasteiger partial charge in [-0.3, -0.25) is 14.6 Å². The van der Waals surface area contributed by atoms with E-state index in [4.69, 9.17) is 0 Å². The average Bonchev–Trinajstić information content (AvgIpc) is 3.46. The second kappa shape index (κ2) is 12.2. The van der Waals surface area contributed by atoms with Crippen LogP contribution < -0.4 is 5.32 Å². The molecule has 3 aromatic carbocycles. The highest BCUT2D eigenvalue weighted by atomic mass is 32.2. The Morgan fingerprint density at radius 1 is 0.684 bits per heavy atom. The van der Waals surface area contributed by atoms with E-state index in [1.807, 2.05) is 30.3 Å². The number of hydrogen-bond donors (Lipinski definition) is 1. The molecule has 2 saturated heterocycles. The first kappa shape index (κ1) is 26.6. The Morgan fingerprint density at radius 2 is 1.32 bits per heavy atom. The molecule has 2 aliphatic rings. The van der Waals surface area contributed by atoms with Gasteiger partial charge in [0, 0.05) is 51.4 Å². The number of nitrogens with zero attached hydrogens (tertiary/aromatic N) is 3. The molecule has 0 radical (unpaired) electrons. The first-order chi connectivity index (χ1) is 18.5. The van der Waals surface area contributed by atoms with E-state index in [9.17, 15) is 13.2 Å². The Kier molecular flexibility index (Phi) is 8.54. The Hall–Kier alpha value is -3.04. The topological polar surface area (TPSA) is 73.0 Å². The van der Waals surface area contributed by atoms with Crippen LogP contribution in [0.25, 0.3) is 0 Å². The summed E-state index contributed by atoms with van der Waals surface area (Å²) in [6.45, 7) is 6.74. The number of rotatable bonds is 9. The van der Waals surface area contributed by atoms with Crippen LogP contribution >= 0.6 is 0 Å². The van der Waals surface area contributed by atoms with Gasteiger partial charge in [0.2, 0.25) is 10.0 Å². The molecule has 1 N–H and O–H groups in total. The molecule has 0 atom stereocenters. The number of likely N-dealkylation sites (tertiary alicyclic amines) is 1. The van der Waals surface area contributed by atoms with E-state index in [1.54, 1.807) is 28.6 Å². The summed E-state index contributed by atoms with van der Waals surface area (Å²) in [5, 5.41) is 3.04. The third kappa shape index (κ3) is 6.69. The van der Waals surface area contributed by atoms with Crippen molar-refractivity contribution in [2.45, 2.75) is 37.4 Å². The van der Waals surface area contributed by atoms with Crippen LogP contribution in [-0.4, -0.2) is 67.7 Å². The summed E-state index contributed by atoms with van der Waals surface area (Å²) in [6.07, 6.45) is 2.59. The molecular formula is C30H36N4O3S. The van der Waals surface area contributed by atoms with Gasteiger partial charge in [0.25, 0.3) is 5.91 Å². The van der Waals surface area contributed by atoms with Gasteiger partial charge in [-0.2, -0.15) is 4.31 Å². The lowest BCUT2D eigenvalue weighted by Crippen LogP contribution is -2.48. The van der Waals surface area contributed by atoms with Crippen molar-refractivity contribution in [2.75, 3.05) is 39.3 Å². The summed E-state index contributed by atoms with van der Waals surface area (Å²) in [5.74, 6) is -0.0910. The van der Waals surface area contributed by atoms with Gasteiger partial charge in [0.1, 0.15) is 0 Å². The fraction of sp³-hybridized carbons (Fsp3) is 0.367. The van der Waals surface area contributed by atoms with E-state index in [-0.39, 0.29) is 5.91 Å². The lowest BCUT2D eigenvalue weighted by Gasteiger charge is -2.34. The van der Waals surface area contributed by atoms with E-state index in [0.29, 0.717) is 49.7 Å². The minimum Gasteiger partial charge on any atom is -0.348 e. The summed E-state index contributed by atoms with van der Waals surface area (Å²) >= 11 is 0. The molecule has 38 heavy (non-hydrogen) atoms. The van der Waals surface area contributed by atoms with Crippen molar-refractivity contribution in [3.63, 3.8) is 0 Å². The van der Waals surface area contributed by atoms with Crippen LogP contribution in [0.15, 0.2) is 83.8 Å². The minimum absolute atomic E-state index is 0.0910. The summed E-state index contributed by atoms with van der Waals surface area (Å²) in [5.41, 5.74) is 4.08. The molecule has 0 aliphatic carbocycles. The van der Waals surface area contributed by atoms with Crippen LogP contribution in [0.1, 0.15) is 39.9 Å². The highest BCUT2D eigenvalue weighted by Crippen LogP contribution is 2.19. The van der Waals surface area contributed by atoms with Crippen molar-refractivity contribution in [3.05, 3.63) is 101 Å². The summed E-state index contributed by atoms with van der Waals surface area (Å²) in [4.78, 5) is 17.9. The molecule has 0 unspecified atom stereocenters. The molecule has 2 heterocycles. The van der Waals surface area contributed by atoms with Crippen LogP contribution in [0.4, 0.5) is 0 Å². The fourth-order valence-corrected chi connectivity index (χ4v) is 6.63. The number of carbonyl (C=O) groups is 1. The number of benzene rings is 3. The number of amides is 1. The molecule has 200 valence electrons. The van der Waals surface area contributed by atoms with Crippen molar-refractivity contribution in [1.29, 1.82) is 0 Å². The lowest BCUT2D eigenvalue weighted by atomic mass is 10.1. The molecule has 7 nitrogen and oxygen atoms in total. The Bertz CT molecular complexity index is 1320. The zero-order valence-electron chi connectivity index (χ0n) is 21.8. The van der Waals surface area contributed by atoms with E-state index >= 15 is 0 Å². The second-order valence-electron chi connectivity index (χ2n) is 10.2. The smallest absolute Gasteiger partial charge is 0.251 e. The van der Waals surface area contributed by atoms with E-state index in [1.165, 1.54) is 31.5 Å². The number of carbonyl (C=O) groups excluding carboxylic acids is 1. The van der Waals surface area contributed by atoms with Gasteiger partial charge in [-0.15, -0.1) is 0 Å². The maximum atomic E-state index is 12.9. The zero-order valence-corrected chi connectivity index (χ0v) is 22.6. The molecule has 0 aromatic heterocycles. The number of sulfonamides is 1. The molecular weight excluding hydrogens is 496 g/mol. The predicted molar refractivity (Wildman–Crippen MR) is 149 cm³/mol. The average molecular weight is 533 g/mol. The summed E-state index contributed by atoms with van der Waals surface area (Å²) < 4.78 is 27.3.